The molecule has 2 rings (SSSR count). The van der Waals surface area contributed by atoms with Crippen LogP contribution >= 0.6 is 0 Å². The van der Waals surface area contributed by atoms with Crippen molar-refractivity contribution in [3.05, 3.63) is 29.8 Å². The number of ether oxygens (including phenoxy) is 2. The Balaban J connectivity index is 2.08. The van der Waals surface area contributed by atoms with E-state index in [1.807, 2.05) is 12.1 Å². The van der Waals surface area contributed by atoms with Gasteiger partial charge >= 0.3 is 5.97 Å². The summed E-state index contributed by atoms with van der Waals surface area (Å²) in [5.74, 6) is -0.160. The van der Waals surface area contributed by atoms with Crippen LogP contribution in [0.3, 0.4) is 0 Å². The van der Waals surface area contributed by atoms with Gasteiger partial charge in [0.05, 0.1) is 7.11 Å². The third-order valence-electron chi connectivity index (χ3n) is 2.18. The monoisotopic (exact) mass is 194 g/mol. The molecule has 1 fully saturated rings. The number of rotatable bonds is 3. The summed E-state index contributed by atoms with van der Waals surface area (Å²) in [6.07, 6.45) is -0.971. The van der Waals surface area contributed by atoms with Gasteiger partial charge in [-0.1, -0.05) is 12.1 Å². The molecule has 1 N–H and O–H groups in total. The number of hydrogen-bond donors (Lipinski definition) is 1. The number of aliphatic carboxylic acids is 1. The van der Waals surface area contributed by atoms with Crippen LogP contribution in [0.5, 0.6) is 5.75 Å². The first kappa shape index (κ1) is 9.02. The van der Waals surface area contributed by atoms with E-state index >= 15 is 0 Å². The number of epoxide rings is 1. The maximum absolute atomic E-state index is 10.5. The van der Waals surface area contributed by atoms with E-state index in [0.717, 1.165) is 11.3 Å². The van der Waals surface area contributed by atoms with E-state index in [2.05, 4.69) is 0 Å². The lowest BCUT2D eigenvalue weighted by molar-refractivity contribution is -0.138. The Labute approximate surface area is 81.1 Å². The zero-order valence-electron chi connectivity index (χ0n) is 7.64. The van der Waals surface area contributed by atoms with Gasteiger partial charge in [-0.3, -0.25) is 0 Å². The lowest BCUT2D eigenvalue weighted by Crippen LogP contribution is -2.04. The van der Waals surface area contributed by atoms with E-state index in [9.17, 15) is 4.79 Å². The summed E-state index contributed by atoms with van der Waals surface area (Å²) in [6.45, 7) is 0. The molecular weight excluding hydrogens is 184 g/mol. The van der Waals surface area contributed by atoms with Crippen LogP contribution in [0, 0.1) is 0 Å². The minimum Gasteiger partial charge on any atom is -0.497 e. The highest BCUT2D eigenvalue weighted by molar-refractivity contribution is 5.76. The lowest BCUT2D eigenvalue weighted by atomic mass is 10.1. The van der Waals surface area contributed by atoms with Gasteiger partial charge in [0.25, 0.3) is 0 Å². The molecule has 0 amide bonds. The van der Waals surface area contributed by atoms with E-state index in [1.165, 1.54) is 0 Å². The topological polar surface area (TPSA) is 59.1 Å². The molecule has 2 atom stereocenters. The fourth-order valence-electron chi connectivity index (χ4n) is 1.35. The average molecular weight is 194 g/mol. The van der Waals surface area contributed by atoms with Gasteiger partial charge in [-0.2, -0.15) is 0 Å². The van der Waals surface area contributed by atoms with Gasteiger partial charge in [0.15, 0.2) is 6.10 Å². The predicted octanol–water partition coefficient (Wildman–Crippen LogP) is 1.22. The number of carbonyl (C=O) groups is 1. The standard InChI is InChI=1S/C10H10O4/c1-13-7-4-2-6(3-5-7)8-9(14-8)10(11)12/h2-5,8-9H,1H3,(H,11,12). The Morgan fingerprint density at radius 1 is 1.43 bits per heavy atom. The second kappa shape index (κ2) is 3.31. The van der Waals surface area contributed by atoms with Gasteiger partial charge in [0.1, 0.15) is 11.9 Å². The fraction of sp³-hybridized carbons (Fsp3) is 0.300. The van der Waals surface area contributed by atoms with Gasteiger partial charge in [-0.05, 0) is 17.7 Å². The van der Waals surface area contributed by atoms with Crippen LogP contribution in [-0.4, -0.2) is 24.3 Å². The van der Waals surface area contributed by atoms with Crippen molar-refractivity contribution in [2.45, 2.75) is 12.2 Å². The molecule has 14 heavy (non-hydrogen) atoms. The van der Waals surface area contributed by atoms with Crippen LogP contribution in [0.4, 0.5) is 0 Å². The van der Waals surface area contributed by atoms with E-state index in [1.54, 1.807) is 19.2 Å². The fourth-order valence-corrected chi connectivity index (χ4v) is 1.35. The van der Waals surface area contributed by atoms with Crippen molar-refractivity contribution in [1.82, 2.24) is 0 Å². The van der Waals surface area contributed by atoms with Crippen LogP contribution in [0.2, 0.25) is 0 Å². The highest BCUT2D eigenvalue weighted by Crippen LogP contribution is 2.39. The Morgan fingerprint density at radius 3 is 2.50 bits per heavy atom. The third-order valence-corrected chi connectivity index (χ3v) is 2.18. The first-order chi connectivity index (χ1) is 6.72. The molecule has 2 unspecified atom stereocenters. The van der Waals surface area contributed by atoms with Crippen molar-refractivity contribution in [3.8, 4) is 5.75 Å². The maximum Gasteiger partial charge on any atom is 0.335 e. The molecule has 0 saturated carbocycles. The number of benzene rings is 1. The molecule has 74 valence electrons. The smallest absolute Gasteiger partial charge is 0.335 e. The molecular formula is C10H10O4. The summed E-state index contributed by atoms with van der Waals surface area (Å²) in [5.41, 5.74) is 0.873. The normalized spacial score (nSPS) is 24.4. The van der Waals surface area contributed by atoms with Crippen molar-refractivity contribution >= 4 is 5.97 Å². The molecule has 0 aliphatic carbocycles. The van der Waals surface area contributed by atoms with E-state index < -0.39 is 12.1 Å². The van der Waals surface area contributed by atoms with Gasteiger partial charge in [-0.25, -0.2) is 4.79 Å². The highest BCUT2D eigenvalue weighted by Gasteiger charge is 2.46. The van der Waals surface area contributed by atoms with E-state index in [-0.39, 0.29) is 6.10 Å². The van der Waals surface area contributed by atoms with E-state index in [0.29, 0.717) is 0 Å². The minimum atomic E-state index is -0.911. The second-order valence-electron chi connectivity index (χ2n) is 3.09. The molecule has 0 radical (unpaired) electrons. The SMILES string of the molecule is COc1ccc(C2OC2C(=O)O)cc1. The van der Waals surface area contributed by atoms with Crippen molar-refractivity contribution in [2.75, 3.05) is 7.11 Å². The molecule has 0 aromatic heterocycles. The van der Waals surface area contributed by atoms with Crippen LogP contribution in [-0.2, 0) is 9.53 Å². The quantitative estimate of drug-likeness (QED) is 0.735. The molecule has 4 nitrogen and oxygen atoms in total. The molecule has 1 heterocycles. The Hall–Kier alpha value is -1.55. The van der Waals surface area contributed by atoms with Gasteiger partial charge in [-0.15, -0.1) is 0 Å². The predicted molar refractivity (Wildman–Crippen MR) is 48.2 cm³/mol. The minimum absolute atomic E-state index is 0.293. The molecule has 0 spiro atoms. The van der Waals surface area contributed by atoms with Crippen molar-refractivity contribution < 1.29 is 19.4 Å². The van der Waals surface area contributed by atoms with E-state index in [4.69, 9.17) is 14.6 Å². The van der Waals surface area contributed by atoms with Crippen LogP contribution in [0.1, 0.15) is 11.7 Å². The largest absolute Gasteiger partial charge is 0.497 e. The molecule has 1 aromatic carbocycles. The summed E-state index contributed by atoms with van der Waals surface area (Å²) in [6, 6.07) is 7.20. The van der Waals surface area contributed by atoms with Gasteiger partial charge in [0.2, 0.25) is 0 Å². The second-order valence-corrected chi connectivity index (χ2v) is 3.09. The average Bonchev–Trinajstić information content (AvgIpc) is 2.97. The first-order valence-electron chi connectivity index (χ1n) is 4.24. The maximum atomic E-state index is 10.5. The number of methoxy groups -OCH3 is 1. The third kappa shape index (κ3) is 1.56. The molecule has 0 bridgehead atoms. The Morgan fingerprint density at radius 2 is 2.07 bits per heavy atom. The molecule has 1 saturated heterocycles. The van der Waals surface area contributed by atoms with Crippen LogP contribution in [0.25, 0.3) is 0 Å². The van der Waals surface area contributed by atoms with Crippen molar-refractivity contribution in [1.29, 1.82) is 0 Å². The van der Waals surface area contributed by atoms with Gasteiger partial charge < -0.3 is 14.6 Å². The summed E-state index contributed by atoms with van der Waals surface area (Å²) >= 11 is 0. The zero-order valence-corrected chi connectivity index (χ0v) is 7.64. The summed E-state index contributed by atoms with van der Waals surface area (Å²) in [4.78, 5) is 10.5. The number of carboxylic acids is 1. The van der Waals surface area contributed by atoms with Gasteiger partial charge in [0, 0.05) is 0 Å². The molecule has 1 aromatic rings. The number of hydrogen-bond acceptors (Lipinski definition) is 3. The Bertz CT molecular complexity index is 344. The van der Waals surface area contributed by atoms with Crippen LogP contribution in [0.15, 0.2) is 24.3 Å². The molecule has 1 aliphatic rings. The lowest BCUT2D eigenvalue weighted by Gasteiger charge is -1.99. The summed E-state index contributed by atoms with van der Waals surface area (Å²) in [7, 11) is 1.59. The van der Waals surface area contributed by atoms with Crippen LogP contribution < -0.4 is 4.74 Å². The zero-order chi connectivity index (χ0) is 10.1. The summed E-state index contributed by atoms with van der Waals surface area (Å²) in [5, 5.41) is 8.64. The van der Waals surface area contributed by atoms with Crippen molar-refractivity contribution in [3.63, 3.8) is 0 Å². The first-order valence-corrected chi connectivity index (χ1v) is 4.24. The number of carboxylic acid groups (broad SMARTS) is 1. The van der Waals surface area contributed by atoms with Crippen molar-refractivity contribution in [2.24, 2.45) is 0 Å². The molecule has 1 aliphatic heterocycles. The Kier molecular flexibility index (Phi) is 2.13. The molecule has 4 heteroatoms. The highest BCUT2D eigenvalue weighted by atomic mass is 16.6. The summed E-state index contributed by atoms with van der Waals surface area (Å²) < 4.78 is 9.98.